The summed E-state index contributed by atoms with van der Waals surface area (Å²) in [5, 5.41) is 4.15. The Bertz CT molecular complexity index is 3910. The molecule has 12 aromatic rings. The summed E-state index contributed by atoms with van der Waals surface area (Å²) in [5.74, 6) is 0. The minimum Gasteiger partial charge on any atom is -0.456 e. The summed E-state index contributed by atoms with van der Waals surface area (Å²) in [6, 6.07) is 82.0. The highest BCUT2D eigenvalue weighted by atomic mass is 16.3. The molecule has 0 radical (unpaired) electrons. The molecule has 2 heterocycles. The highest BCUT2D eigenvalue weighted by Gasteiger charge is 2.46. The van der Waals surface area contributed by atoms with Crippen molar-refractivity contribution in [1.82, 2.24) is 0 Å². The average Bonchev–Trinajstić information content (AvgIpc) is 4.09. The van der Waals surface area contributed by atoms with Gasteiger partial charge in [0.2, 0.25) is 0 Å². The Morgan fingerprint density at radius 3 is 1.61 bits per heavy atom. The van der Waals surface area contributed by atoms with Crippen molar-refractivity contribution in [3.05, 3.63) is 258 Å². The lowest BCUT2D eigenvalue weighted by Crippen LogP contribution is -2.28. The predicted octanol–water partition coefficient (Wildman–Crippen LogP) is 17.3. The quantitative estimate of drug-likeness (QED) is 0.167. The Balaban J connectivity index is 1.05. The van der Waals surface area contributed by atoms with Crippen molar-refractivity contribution < 1.29 is 8.83 Å². The van der Waals surface area contributed by atoms with Gasteiger partial charge in [-0.25, -0.2) is 0 Å². The second kappa shape index (κ2) is 14.1. The summed E-state index contributed by atoms with van der Waals surface area (Å²) in [7, 11) is 0. The molecule has 0 fully saturated rings. The van der Waals surface area contributed by atoms with E-state index in [4.69, 9.17) is 8.83 Å². The molecule has 2 aliphatic rings. The molecule has 10 aromatic carbocycles. The Morgan fingerprint density at radius 1 is 0.358 bits per heavy atom. The van der Waals surface area contributed by atoms with Crippen molar-refractivity contribution in [2.75, 3.05) is 4.90 Å². The second-order valence-electron chi connectivity index (χ2n) is 18.7. The van der Waals surface area contributed by atoms with Crippen molar-refractivity contribution in [1.29, 1.82) is 0 Å². The van der Waals surface area contributed by atoms with Crippen LogP contribution in [0, 0.1) is 0 Å². The van der Waals surface area contributed by atoms with E-state index in [-0.39, 0.29) is 5.41 Å². The van der Waals surface area contributed by atoms with Crippen LogP contribution in [0.5, 0.6) is 0 Å². The lowest BCUT2D eigenvalue weighted by atomic mass is 9.67. The molecule has 67 heavy (non-hydrogen) atoms. The van der Waals surface area contributed by atoms with E-state index in [0.717, 1.165) is 72.1 Å². The molecule has 316 valence electrons. The number of fused-ring (bicyclic) bond motifs is 12. The number of benzene rings is 10. The van der Waals surface area contributed by atoms with Gasteiger partial charge in [0.1, 0.15) is 22.3 Å². The van der Waals surface area contributed by atoms with Gasteiger partial charge < -0.3 is 13.7 Å². The molecule has 0 N–H and O–H groups in total. The van der Waals surface area contributed by atoms with Gasteiger partial charge in [-0.1, -0.05) is 190 Å². The first-order chi connectivity index (χ1) is 33.0. The molecule has 14 rings (SSSR count). The molecule has 3 heteroatoms. The molecule has 2 aliphatic carbocycles. The van der Waals surface area contributed by atoms with Crippen molar-refractivity contribution >= 4 is 60.9 Å². The number of rotatable bonds is 6. The van der Waals surface area contributed by atoms with Crippen LogP contribution in [0.4, 0.5) is 17.1 Å². The minimum absolute atomic E-state index is 0.192. The summed E-state index contributed by atoms with van der Waals surface area (Å²) in [4.78, 5) is 2.47. The molecule has 0 saturated carbocycles. The van der Waals surface area contributed by atoms with Crippen molar-refractivity contribution in [2.45, 2.75) is 24.7 Å². The number of nitrogens with zero attached hydrogens (tertiary/aromatic N) is 1. The summed E-state index contributed by atoms with van der Waals surface area (Å²) in [5.41, 5.74) is 20.8. The molecule has 0 unspecified atom stereocenters. The smallest absolute Gasteiger partial charge is 0.143 e. The zero-order valence-corrected chi connectivity index (χ0v) is 37.1. The molecule has 0 atom stereocenters. The van der Waals surface area contributed by atoms with Crippen LogP contribution in [-0.2, 0) is 10.8 Å². The lowest BCUT2D eigenvalue weighted by Gasteiger charge is -2.35. The number of hydrogen-bond acceptors (Lipinski definition) is 3. The third-order valence-electron chi connectivity index (χ3n) is 14.9. The third kappa shape index (κ3) is 5.28. The van der Waals surface area contributed by atoms with Gasteiger partial charge in [-0.2, -0.15) is 0 Å². The van der Waals surface area contributed by atoms with Crippen molar-refractivity contribution in [2.24, 2.45) is 0 Å². The first-order valence-electron chi connectivity index (χ1n) is 23.2. The van der Waals surface area contributed by atoms with E-state index in [2.05, 4.69) is 243 Å². The van der Waals surface area contributed by atoms with Crippen LogP contribution in [0.15, 0.2) is 233 Å². The van der Waals surface area contributed by atoms with Crippen LogP contribution in [0.25, 0.3) is 77.3 Å². The Labute approximate surface area is 388 Å². The number of anilines is 3. The maximum absolute atomic E-state index is 6.90. The first-order valence-corrected chi connectivity index (χ1v) is 23.2. The zero-order chi connectivity index (χ0) is 44.4. The van der Waals surface area contributed by atoms with Gasteiger partial charge in [-0.05, 0) is 110 Å². The molecule has 0 bridgehead atoms. The fourth-order valence-corrected chi connectivity index (χ4v) is 12.0. The van der Waals surface area contributed by atoms with E-state index < -0.39 is 5.41 Å². The third-order valence-corrected chi connectivity index (χ3v) is 14.9. The Kier molecular flexibility index (Phi) is 7.95. The molecule has 0 spiro atoms. The van der Waals surface area contributed by atoms with Crippen LogP contribution in [0.2, 0.25) is 0 Å². The maximum atomic E-state index is 6.90. The Morgan fingerprint density at radius 2 is 0.896 bits per heavy atom. The number of hydrogen-bond donors (Lipinski definition) is 0. The van der Waals surface area contributed by atoms with Gasteiger partial charge in [0.05, 0.1) is 16.5 Å². The normalized spacial score (nSPS) is 14.1. The van der Waals surface area contributed by atoms with E-state index in [9.17, 15) is 0 Å². The predicted molar refractivity (Wildman–Crippen MR) is 276 cm³/mol. The summed E-state index contributed by atoms with van der Waals surface area (Å²) < 4.78 is 13.8. The monoisotopic (exact) mass is 857 g/mol. The van der Waals surface area contributed by atoms with E-state index in [1.165, 1.54) is 55.6 Å². The van der Waals surface area contributed by atoms with Gasteiger partial charge in [-0.15, -0.1) is 0 Å². The molecule has 0 amide bonds. The fourth-order valence-electron chi connectivity index (χ4n) is 12.0. The van der Waals surface area contributed by atoms with Gasteiger partial charge in [-0.3, -0.25) is 0 Å². The highest BCUT2D eigenvalue weighted by Crippen LogP contribution is 2.58. The number of furan rings is 2. The molecule has 3 nitrogen and oxygen atoms in total. The second-order valence-corrected chi connectivity index (χ2v) is 18.7. The fraction of sp³-hybridized carbons (Fsp3) is 0.0625. The van der Waals surface area contributed by atoms with Crippen LogP contribution in [0.3, 0.4) is 0 Å². The average molecular weight is 858 g/mol. The topological polar surface area (TPSA) is 29.5 Å². The first kappa shape index (κ1) is 37.9. The number of para-hydroxylation sites is 1. The van der Waals surface area contributed by atoms with Gasteiger partial charge in [0.25, 0.3) is 0 Å². The maximum Gasteiger partial charge on any atom is 0.143 e. The molecule has 0 saturated heterocycles. The van der Waals surface area contributed by atoms with Crippen LogP contribution >= 0.6 is 0 Å². The van der Waals surface area contributed by atoms with Gasteiger partial charge in [0, 0.05) is 38.5 Å². The van der Waals surface area contributed by atoms with E-state index in [0.29, 0.717) is 0 Å². The highest BCUT2D eigenvalue weighted by molar-refractivity contribution is 6.19. The van der Waals surface area contributed by atoms with Crippen LogP contribution < -0.4 is 4.90 Å². The van der Waals surface area contributed by atoms with Gasteiger partial charge >= 0.3 is 0 Å². The molecular formula is C64H43NO2. The van der Waals surface area contributed by atoms with Crippen LogP contribution in [0.1, 0.15) is 47.2 Å². The molecular weight excluding hydrogens is 815 g/mol. The molecule has 2 aromatic heterocycles. The van der Waals surface area contributed by atoms with Crippen LogP contribution in [-0.4, -0.2) is 0 Å². The van der Waals surface area contributed by atoms with Crippen molar-refractivity contribution in [3.8, 4) is 33.4 Å². The summed E-state index contributed by atoms with van der Waals surface area (Å²) >= 11 is 0. The van der Waals surface area contributed by atoms with E-state index in [1.807, 2.05) is 0 Å². The lowest BCUT2D eigenvalue weighted by molar-refractivity contribution is 0.660. The SMILES string of the molecule is CC1(C)c2ccccc2-c2ccc(N(c3ccc4c(c3)C(c3ccccc3)(c3ccccc3)c3ccccc3-4)c3cccc4oc5cc6c(cc5c34)oc3c(-c4ccccc4)cccc36)cc21. The van der Waals surface area contributed by atoms with Gasteiger partial charge in [0.15, 0.2) is 0 Å². The summed E-state index contributed by atoms with van der Waals surface area (Å²) in [6.45, 7) is 4.72. The van der Waals surface area contributed by atoms with E-state index >= 15 is 0 Å². The zero-order valence-electron chi connectivity index (χ0n) is 37.1. The Hall–Kier alpha value is -8.40. The minimum atomic E-state index is -0.558. The largest absolute Gasteiger partial charge is 0.456 e. The summed E-state index contributed by atoms with van der Waals surface area (Å²) in [6.07, 6.45) is 0. The van der Waals surface area contributed by atoms with E-state index in [1.54, 1.807) is 0 Å². The van der Waals surface area contributed by atoms with Crippen molar-refractivity contribution in [3.63, 3.8) is 0 Å². The standard InChI is InChI=1S/C64H43NO2/c1-63(2)53-28-14-12-24-46(53)48-34-32-43(36-55(48)63)65(44-33-35-49-47-25-13-15-29-54(47)64(56(49)37-44,41-20-8-4-9-21-41)42-22-10-5-11-23-42)57-30-17-31-58-61(57)52-39-59-51(38-60(52)66-58)50-27-16-26-45(62(50)67-59)40-18-6-3-7-19-40/h3-39H,1-2H3. The molecule has 0 aliphatic heterocycles.